The minimum Gasteiger partial charge on any atom is -0.466 e. The van der Waals surface area contributed by atoms with Crippen molar-refractivity contribution in [2.24, 2.45) is 0 Å². The van der Waals surface area contributed by atoms with E-state index in [-0.39, 0.29) is 5.91 Å². The van der Waals surface area contributed by atoms with E-state index >= 15 is 0 Å². The van der Waals surface area contributed by atoms with Gasteiger partial charge >= 0.3 is 5.97 Å². The molecule has 3 rings (SSSR count). The Kier molecular flexibility index (Phi) is 5.58. The van der Waals surface area contributed by atoms with Gasteiger partial charge in [-0.15, -0.1) is 0 Å². The SMILES string of the molecule is COC(=O)/C=C1/SCC(=O)N1CCCN1CCc2ccccc2C1. The topological polar surface area (TPSA) is 49.9 Å². The molecule has 1 amide bonds. The lowest BCUT2D eigenvalue weighted by Gasteiger charge is -2.29. The molecule has 128 valence electrons. The van der Waals surface area contributed by atoms with Gasteiger partial charge in [0.15, 0.2) is 0 Å². The summed E-state index contributed by atoms with van der Waals surface area (Å²) >= 11 is 1.40. The molecule has 0 radical (unpaired) electrons. The van der Waals surface area contributed by atoms with E-state index in [4.69, 9.17) is 0 Å². The van der Waals surface area contributed by atoms with Crippen LogP contribution in [0, 0.1) is 0 Å². The third-order valence-corrected chi connectivity index (χ3v) is 5.44. The Labute approximate surface area is 146 Å². The second-order valence-corrected chi connectivity index (χ2v) is 6.98. The molecule has 0 bridgehead atoms. The van der Waals surface area contributed by atoms with Crippen molar-refractivity contribution in [1.82, 2.24) is 9.80 Å². The number of fused-ring (bicyclic) bond motifs is 1. The number of esters is 1. The Morgan fingerprint density at radius 1 is 1.29 bits per heavy atom. The molecule has 2 heterocycles. The number of carbonyl (C=O) groups excluding carboxylic acids is 2. The Bertz CT molecular complexity index is 659. The standard InChI is InChI=1S/C18H22N2O3S/c1-23-18(22)11-17-20(16(21)13-24-17)9-4-8-19-10-7-14-5-2-3-6-15(14)12-19/h2-3,5-6,11H,4,7-10,12-13H2,1H3/b17-11+. The zero-order valence-corrected chi connectivity index (χ0v) is 14.7. The average Bonchev–Trinajstić information content (AvgIpc) is 2.95. The summed E-state index contributed by atoms with van der Waals surface area (Å²) in [5.74, 6) is 0.0592. The number of hydrogen-bond donors (Lipinski definition) is 0. The summed E-state index contributed by atoms with van der Waals surface area (Å²) in [7, 11) is 1.35. The van der Waals surface area contributed by atoms with Crippen LogP contribution in [0.1, 0.15) is 17.5 Å². The lowest BCUT2D eigenvalue weighted by molar-refractivity contribution is -0.134. The molecule has 2 aliphatic rings. The molecule has 0 spiro atoms. The molecule has 6 heteroatoms. The molecule has 1 fully saturated rings. The lowest BCUT2D eigenvalue weighted by atomic mass is 10.00. The normalized spacial score (nSPS) is 19.6. The number of thioether (sulfide) groups is 1. The first-order chi connectivity index (χ1) is 11.7. The molecule has 1 aromatic carbocycles. The van der Waals surface area contributed by atoms with Gasteiger partial charge in [-0.2, -0.15) is 0 Å². The van der Waals surface area contributed by atoms with Crippen LogP contribution >= 0.6 is 11.8 Å². The van der Waals surface area contributed by atoms with Gasteiger partial charge in [0.05, 0.1) is 24.0 Å². The van der Waals surface area contributed by atoms with E-state index in [1.54, 1.807) is 4.90 Å². The van der Waals surface area contributed by atoms with E-state index in [9.17, 15) is 9.59 Å². The first-order valence-electron chi connectivity index (χ1n) is 8.19. The molecule has 0 unspecified atom stereocenters. The third kappa shape index (κ3) is 3.99. The molecule has 0 aromatic heterocycles. The fraction of sp³-hybridized carbons (Fsp3) is 0.444. The van der Waals surface area contributed by atoms with Crippen LogP contribution in [0.4, 0.5) is 0 Å². The number of carbonyl (C=O) groups is 2. The number of amides is 1. The Morgan fingerprint density at radius 3 is 2.88 bits per heavy atom. The summed E-state index contributed by atoms with van der Waals surface area (Å²) < 4.78 is 4.65. The molecule has 1 saturated heterocycles. The van der Waals surface area contributed by atoms with Crippen molar-refractivity contribution < 1.29 is 14.3 Å². The van der Waals surface area contributed by atoms with Gasteiger partial charge < -0.3 is 9.64 Å². The van der Waals surface area contributed by atoms with Gasteiger partial charge in [0, 0.05) is 26.2 Å². The minimum atomic E-state index is -0.412. The maximum absolute atomic E-state index is 12.0. The molecule has 0 aliphatic carbocycles. The Hall–Kier alpha value is -1.79. The molecule has 1 aromatic rings. The maximum atomic E-state index is 12.0. The van der Waals surface area contributed by atoms with Crippen molar-refractivity contribution in [1.29, 1.82) is 0 Å². The quantitative estimate of drug-likeness (QED) is 0.603. The van der Waals surface area contributed by atoms with Crippen molar-refractivity contribution >= 4 is 23.6 Å². The van der Waals surface area contributed by atoms with Gasteiger partial charge in [-0.25, -0.2) is 4.79 Å². The Balaban J connectivity index is 1.52. The van der Waals surface area contributed by atoms with E-state index in [2.05, 4.69) is 33.9 Å². The highest BCUT2D eigenvalue weighted by molar-refractivity contribution is 8.04. The summed E-state index contributed by atoms with van der Waals surface area (Å²) in [6.45, 7) is 3.63. The van der Waals surface area contributed by atoms with E-state index in [0.29, 0.717) is 17.3 Å². The highest BCUT2D eigenvalue weighted by Crippen LogP contribution is 2.29. The summed E-state index contributed by atoms with van der Waals surface area (Å²) in [5.41, 5.74) is 2.85. The van der Waals surface area contributed by atoms with E-state index in [1.165, 1.54) is 36.1 Å². The van der Waals surface area contributed by atoms with Crippen molar-refractivity contribution in [2.45, 2.75) is 19.4 Å². The Morgan fingerprint density at radius 2 is 2.08 bits per heavy atom. The van der Waals surface area contributed by atoms with Crippen LogP contribution < -0.4 is 0 Å². The fourth-order valence-electron chi connectivity index (χ4n) is 3.13. The summed E-state index contributed by atoms with van der Waals surface area (Å²) in [5, 5.41) is 0.704. The number of rotatable bonds is 5. The molecular formula is C18H22N2O3S. The zero-order valence-electron chi connectivity index (χ0n) is 13.9. The van der Waals surface area contributed by atoms with Gasteiger partial charge in [0.25, 0.3) is 0 Å². The van der Waals surface area contributed by atoms with E-state index < -0.39 is 5.97 Å². The van der Waals surface area contributed by atoms with E-state index in [1.807, 2.05) is 0 Å². The highest BCUT2D eigenvalue weighted by atomic mass is 32.2. The number of ether oxygens (including phenoxy) is 1. The average molecular weight is 346 g/mol. The smallest absolute Gasteiger partial charge is 0.333 e. The molecule has 2 aliphatic heterocycles. The summed E-state index contributed by atoms with van der Waals surface area (Å²) in [6, 6.07) is 8.59. The van der Waals surface area contributed by atoms with Crippen LogP contribution in [0.15, 0.2) is 35.4 Å². The predicted molar refractivity (Wildman–Crippen MR) is 94.3 cm³/mol. The fourth-order valence-corrected chi connectivity index (χ4v) is 4.08. The lowest BCUT2D eigenvalue weighted by Crippen LogP contribution is -2.34. The minimum absolute atomic E-state index is 0.0687. The largest absolute Gasteiger partial charge is 0.466 e. The number of methoxy groups -OCH3 is 1. The maximum Gasteiger partial charge on any atom is 0.333 e. The first kappa shape index (κ1) is 17.0. The van der Waals surface area contributed by atoms with Gasteiger partial charge in [0.1, 0.15) is 0 Å². The molecule has 0 N–H and O–H groups in total. The van der Waals surface area contributed by atoms with Gasteiger partial charge in [-0.3, -0.25) is 9.69 Å². The molecule has 0 saturated carbocycles. The predicted octanol–water partition coefficient (Wildman–Crippen LogP) is 2.02. The first-order valence-corrected chi connectivity index (χ1v) is 9.18. The van der Waals surface area contributed by atoms with Crippen molar-refractivity contribution in [2.75, 3.05) is 32.5 Å². The third-order valence-electron chi connectivity index (χ3n) is 4.42. The summed E-state index contributed by atoms with van der Waals surface area (Å²) in [4.78, 5) is 27.5. The number of hydrogen-bond acceptors (Lipinski definition) is 5. The van der Waals surface area contributed by atoms with Crippen LogP contribution in [0.25, 0.3) is 0 Å². The number of nitrogens with zero attached hydrogens (tertiary/aromatic N) is 2. The van der Waals surface area contributed by atoms with Gasteiger partial charge in [-0.1, -0.05) is 36.0 Å². The van der Waals surface area contributed by atoms with Crippen molar-refractivity contribution in [3.8, 4) is 0 Å². The van der Waals surface area contributed by atoms with Crippen LogP contribution in [0.3, 0.4) is 0 Å². The molecule has 0 atom stereocenters. The van der Waals surface area contributed by atoms with Crippen molar-refractivity contribution in [3.05, 3.63) is 46.5 Å². The summed E-state index contributed by atoms with van der Waals surface area (Å²) in [6.07, 6.45) is 3.39. The molecular weight excluding hydrogens is 324 g/mol. The van der Waals surface area contributed by atoms with Crippen LogP contribution in [0.2, 0.25) is 0 Å². The highest BCUT2D eigenvalue weighted by Gasteiger charge is 2.27. The second-order valence-electron chi connectivity index (χ2n) is 5.99. The molecule has 5 nitrogen and oxygen atoms in total. The van der Waals surface area contributed by atoms with Crippen molar-refractivity contribution in [3.63, 3.8) is 0 Å². The monoisotopic (exact) mass is 346 g/mol. The molecule has 24 heavy (non-hydrogen) atoms. The van der Waals surface area contributed by atoms with Crippen LogP contribution in [-0.2, 0) is 27.3 Å². The number of benzene rings is 1. The van der Waals surface area contributed by atoms with Crippen LogP contribution in [0.5, 0.6) is 0 Å². The second kappa shape index (κ2) is 7.85. The van der Waals surface area contributed by atoms with E-state index in [0.717, 1.165) is 32.5 Å². The zero-order chi connectivity index (χ0) is 16.9. The van der Waals surface area contributed by atoms with Crippen LogP contribution in [-0.4, -0.2) is 54.2 Å². The van der Waals surface area contributed by atoms with Gasteiger partial charge in [-0.05, 0) is 24.0 Å². The van der Waals surface area contributed by atoms with Gasteiger partial charge in [0.2, 0.25) is 5.91 Å².